The van der Waals surface area contributed by atoms with Crippen molar-refractivity contribution in [3.05, 3.63) is 23.8 Å². The third kappa shape index (κ3) is 5.62. The van der Waals surface area contributed by atoms with Gasteiger partial charge in [-0.2, -0.15) is 13.2 Å². The summed E-state index contributed by atoms with van der Waals surface area (Å²) < 4.78 is 50.3. The Morgan fingerprint density at radius 2 is 1.87 bits per heavy atom. The molecule has 1 saturated heterocycles. The van der Waals surface area contributed by atoms with Gasteiger partial charge in [0.05, 0.1) is 26.1 Å². The van der Waals surface area contributed by atoms with Gasteiger partial charge in [0.25, 0.3) is 0 Å². The lowest BCUT2D eigenvalue weighted by molar-refractivity contribution is -0.189. The van der Waals surface area contributed by atoms with E-state index in [0.717, 1.165) is 5.56 Å². The maximum atomic E-state index is 13.3. The molecule has 0 radical (unpaired) electrons. The Kier molecular flexibility index (Phi) is 7.33. The molecule has 1 heterocycles. The SMILES string of the molecule is COc1ccc(CCN2CC(C(=O)NC3CCCCC3C(F)(F)F)CC2=O)cc1OC. The van der Waals surface area contributed by atoms with E-state index in [4.69, 9.17) is 9.47 Å². The molecular formula is C22H29F3N2O4. The fourth-order valence-corrected chi connectivity index (χ4v) is 4.46. The maximum absolute atomic E-state index is 13.3. The highest BCUT2D eigenvalue weighted by Gasteiger charge is 2.46. The van der Waals surface area contributed by atoms with E-state index >= 15 is 0 Å². The highest BCUT2D eigenvalue weighted by atomic mass is 19.4. The number of carbonyl (C=O) groups is 2. The number of likely N-dealkylation sites (tertiary alicyclic amines) is 1. The summed E-state index contributed by atoms with van der Waals surface area (Å²) >= 11 is 0. The number of ether oxygens (including phenoxy) is 2. The average molecular weight is 442 g/mol. The second-order valence-corrected chi connectivity index (χ2v) is 8.23. The second-order valence-electron chi connectivity index (χ2n) is 8.23. The number of alkyl halides is 3. The van der Waals surface area contributed by atoms with Crippen molar-refractivity contribution >= 4 is 11.8 Å². The van der Waals surface area contributed by atoms with Crippen LogP contribution in [0.4, 0.5) is 13.2 Å². The largest absolute Gasteiger partial charge is 0.493 e. The minimum atomic E-state index is -4.32. The van der Waals surface area contributed by atoms with Crippen LogP contribution in [0.2, 0.25) is 0 Å². The number of hydrogen-bond acceptors (Lipinski definition) is 4. The van der Waals surface area contributed by atoms with Gasteiger partial charge in [0.15, 0.2) is 11.5 Å². The van der Waals surface area contributed by atoms with Crippen LogP contribution in [0.1, 0.15) is 37.7 Å². The molecule has 1 aromatic carbocycles. The standard InChI is InChI=1S/C22H29F3N2O4/c1-30-18-8-7-14(11-19(18)31-2)9-10-27-13-15(12-20(27)28)21(29)26-17-6-4-3-5-16(17)22(23,24)25/h7-8,11,15-17H,3-6,9-10,12-13H2,1-2H3,(H,26,29). The molecule has 3 unspecified atom stereocenters. The van der Waals surface area contributed by atoms with Gasteiger partial charge in [-0.15, -0.1) is 0 Å². The van der Waals surface area contributed by atoms with E-state index in [9.17, 15) is 22.8 Å². The minimum Gasteiger partial charge on any atom is -0.493 e. The van der Waals surface area contributed by atoms with E-state index < -0.39 is 30.0 Å². The molecule has 2 aliphatic rings. The second kappa shape index (κ2) is 9.78. The number of rotatable bonds is 7. The molecule has 31 heavy (non-hydrogen) atoms. The number of carbonyl (C=O) groups excluding carboxylic acids is 2. The van der Waals surface area contributed by atoms with Gasteiger partial charge >= 0.3 is 6.18 Å². The van der Waals surface area contributed by atoms with Crippen molar-refractivity contribution in [2.24, 2.45) is 11.8 Å². The number of nitrogens with zero attached hydrogens (tertiary/aromatic N) is 1. The molecule has 0 aromatic heterocycles. The summed E-state index contributed by atoms with van der Waals surface area (Å²) in [6.45, 7) is 0.647. The minimum absolute atomic E-state index is 0.0289. The van der Waals surface area contributed by atoms with Crippen molar-refractivity contribution in [2.75, 3.05) is 27.3 Å². The van der Waals surface area contributed by atoms with Crippen LogP contribution in [0.25, 0.3) is 0 Å². The number of benzene rings is 1. The Balaban J connectivity index is 1.55. The van der Waals surface area contributed by atoms with E-state index in [2.05, 4.69) is 5.32 Å². The molecule has 9 heteroatoms. The predicted octanol–water partition coefficient (Wildman–Crippen LogP) is 3.33. The van der Waals surface area contributed by atoms with Crippen LogP contribution in [-0.4, -0.2) is 56.2 Å². The quantitative estimate of drug-likeness (QED) is 0.704. The Morgan fingerprint density at radius 3 is 2.55 bits per heavy atom. The van der Waals surface area contributed by atoms with Gasteiger partial charge in [-0.3, -0.25) is 9.59 Å². The molecule has 2 fully saturated rings. The van der Waals surface area contributed by atoms with Crippen molar-refractivity contribution in [3.63, 3.8) is 0 Å². The van der Waals surface area contributed by atoms with Crippen LogP contribution < -0.4 is 14.8 Å². The normalized spacial score (nSPS) is 24.2. The Labute approximate surface area is 180 Å². The molecule has 1 aliphatic heterocycles. The van der Waals surface area contributed by atoms with Crippen LogP contribution >= 0.6 is 0 Å². The third-order valence-corrected chi connectivity index (χ3v) is 6.22. The van der Waals surface area contributed by atoms with Gasteiger partial charge in [-0.1, -0.05) is 18.9 Å². The smallest absolute Gasteiger partial charge is 0.393 e. The van der Waals surface area contributed by atoms with E-state index in [1.807, 2.05) is 12.1 Å². The van der Waals surface area contributed by atoms with Gasteiger partial charge in [-0.05, 0) is 37.0 Å². The van der Waals surface area contributed by atoms with Gasteiger partial charge < -0.3 is 19.7 Å². The van der Waals surface area contributed by atoms with E-state index in [1.54, 1.807) is 25.2 Å². The summed E-state index contributed by atoms with van der Waals surface area (Å²) in [5.41, 5.74) is 0.952. The molecule has 1 saturated carbocycles. The topological polar surface area (TPSA) is 67.9 Å². The molecule has 6 nitrogen and oxygen atoms in total. The number of hydrogen-bond donors (Lipinski definition) is 1. The molecule has 1 aliphatic carbocycles. The highest BCUT2D eigenvalue weighted by Crippen LogP contribution is 2.38. The summed E-state index contributed by atoms with van der Waals surface area (Å²) in [4.78, 5) is 26.6. The first-order valence-electron chi connectivity index (χ1n) is 10.6. The summed E-state index contributed by atoms with van der Waals surface area (Å²) in [5, 5.41) is 2.59. The summed E-state index contributed by atoms with van der Waals surface area (Å²) in [5.74, 6) is -1.53. The zero-order valence-corrected chi connectivity index (χ0v) is 17.8. The van der Waals surface area contributed by atoms with Crippen LogP contribution in [0, 0.1) is 11.8 Å². The molecule has 3 atom stereocenters. The molecule has 0 bridgehead atoms. The van der Waals surface area contributed by atoms with Gasteiger partial charge in [0, 0.05) is 25.6 Å². The van der Waals surface area contributed by atoms with Crippen molar-refractivity contribution in [3.8, 4) is 11.5 Å². The molecule has 0 spiro atoms. The van der Waals surface area contributed by atoms with Crippen molar-refractivity contribution < 1.29 is 32.2 Å². The lowest BCUT2D eigenvalue weighted by Crippen LogP contribution is -2.49. The fourth-order valence-electron chi connectivity index (χ4n) is 4.46. The van der Waals surface area contributed by atoms with Crippen LogP contribution in [-0.2, 0) is 16.0 Å². The van der Waals surface area contributed by atoms with Gasteiger partial charge in [0.2, 0.25) is 11.8 Å². The van der Waals surface area contributed by atoms with Gasteiger partial charge in [-0.25, -0.2) is 0 Å². The third-order valence-electron chi connectivity index (χ3n) is 6.22. The average Bonchev–Trinajstić information content (AvgIpc) is 3.12. The maximum Gasteiger partial charge on any atom is 0.393 e. The van der Waals surface area contributed by atoms with Crippen molar-refractivity contribution in [1.82, 2.24) is 10.2 Å². The van der Waals surface area contributed by atoms with Crippen LogP contribution in [0.5, 0.6) is 11.5 Å². The molecule has 2 amide bonds. The Morgan fingerprint density at radius 1 is 1.16 bits per heavy atom. The molecular weight excluding hydrogens is 413 g/mol. The monoisotopic (exact) mass is 442 g/mol. The summed E-state index contributed by atoms with van der Waals surface area (Å²) in [6.07, 6.45) is -2.19. The zero-order valence-electron chi connectivity index (χ0n) is 17.8. The van der Waals surface area contributed by atoms with E-state index in [0.29, 0.717) is 43.7 Å². The van der Waals surface area contributed by atoms with Crippen LogP contribution in [0.15, 0.2) is 18.2 Å². The first-order chi connectivity index (χ1) is 14.7. The van der Waals surface area contributed by atoms with E-state index in [-0.39, 0.29) is 25.3 Å². The lowest BCUT2D eigenvalue weighted by Gasteiger charge is -2.34. The molecule has 1 N–H and O–H groups in total. The van der Waals surface area contributed by atoms with Gasteiger partial charge in [0.1, 0.15) is 0 Å². The number of nitrogens with one attached hydrogen (secondary N) is 1. The van der Waals surface area contributed by atoms with E-state index in [1.165, 1.54) is 0 Å². The summed E-state index contributed by atoms with van der Waals surface area (Å²) in [6, 6.07) is 4.60. The first kappa shape index (κ1) is 23.2. The zero-order chi connectivity index (χ0) is 22.6. The summed E-state index contributed by atoms with van der Waals surface area (Å²) in [7, 11) is 3.10. The van der Waals surface area contributed by atoms with Crippen molar-refractivity contribution in [1.29, 1.82) is 0 Å². The van der Waals surface area contributed by atoms with Crippen molar-refractivity contribution in [2.45, 2.75) is 50.7 Å². The first-order valence-corrected chi connectivity index (χ1v) is 10.6. The molecule has 1 aromatic rings. The van der Waals surface area contributed by atoms with Crippen LogP contribution in [0.3, 0.4) is 0 Å². The fraction of sp³-hybridized carbons (Fsp3) is 0.636. The Hall–Kier alpha value is -2.45. The number of amides is 2. The highest BCUT2D eigenvalue weighted by molar-refractivity contribution is 5.89. The lowest BCUT2D eigenvalue weighted by atomic mass is 9.83. The molecule has 3 rings (SSSR count). The number of methoxy groups -OCH3 is 2. The predicted molar refractivity (Wildman–Crippen MR) is 108 cm³/mol. The Bertz CT molecular complexity index is 799. The number of halogens is 3. The molecule has 172 valence electrons.